The number of aromatic nitrogens is 1. The standard InChI is InChI=1S/C19H25N3S/c1-13-6-11-17(20-12-13)22-18(23)21-14(2)15-7-9-16(10-8-15)19(3,4)5/h6-12,14H,1-5H3,(H2,20,21,22,23)/t14-/m0/s1. The van der Waals surface area contributed by atoms with E-state index in [4.69, 9.17) is 12.2 Å². The average molecular weight is 327 g/mol. The van der Waals surface area contributed by atoms with Crippen LogP contribution in [0, 0.1) is 6.92 Å². The van der Waals surface area contributed by atoms with Crippen LogP contribution in [0.15, 0.2) is 42.6 Å². The zero-order chi connectivity index (χ0) is 17.0. The molecule has 1 aromatic heterocycles. The van der Waals surface area contributed by atoms with E-state index in [0.29, 0.717) is 5.11 Å². The minimum Gasteiger partial charge on any atom is -0.356 e. The number of benzene rings is 1. The van der Waals surface area contributed by atoms with Crippen LogP contribution in [0.1, 0.15) is 50.4 Å². The summed E-state index contributed by atoms with van der Waals surface area (Å²) in [5, 5.41) is 6.99. The second-order valence-electron chi connectivity index (χ2n) is 6.91. The van der Waals surface area contributed by atoms with Crippen molar-refractivity contribution in [3.63, 3.8) is 0 Å². The van der Waals surface area contributed by atoms with E-state index in [2.05, 4.69) is 67.6 Å². The van der Waals surface area contributed by atoms with Crippen LogP contribution in [0.5, 0.6) is 0 Å². The third kappa shape index (κ3) is 5.03. The normalized spacial score (nSPS) is 12.6. The zero-order valence-corrected chi connectivity index (χ0v) is 15.3. The van der Waals surface area contributed by atoms with Gasteiger partial charge >= 0.3 is 0 Å². The molecule has 0 saturated heterocycles. The van der Waals surface area contributed by atoms with Gasteiger partial charge in [-0.05, 0) is 54.2 Å². The van der Waals surface area contributed by atoms with E-state index in [1.807, 2.05) is 25.3 Å². The number of nitrogens with zero attached hydrogens (tertiary/aromatic N) is 1. The third-order valence-corrected chi connectivity index (χ3v) is 4.00. The molecule has 1 atom stereocenters. The van der Waals surface area contributed by atoms with Crippen molar-refractivity contribution in [3.05, 3.63) is 59.3 Å². The first-order valence-corrected chi connectivity index (χ1v) is 8.27. The van der Waals surface area contributed by atoms with E-state index in [9.17, 15) is 0 Å². The Labute approximate surface area is 144 Å². The SMILES string of the molecule is Cc1ccc(NC(=S)N[C@@H](C)c2ccc(C(C)(C)C)cc2)nc1. The van der Waals surface area contributed by atoms with Gasteiger partial charge in [0, 0.05) is 6.20 Å². The molecule has 0 aliphatic carbocycles. The van der Waals surface area contributed by atoms with Gasteiger partial charge in [0.25, 0.3) is 0 Å². The molecule has 2 rings (SSSR count). The molecule has 0 saturated carbocycles. The Bertz CT molecular complexity index is 655. The second kappa shape index (κ2) is 7.09. The minimum absolute atomic E-state index is 0.134. The molecular weight excluding hydrogens is 302 g/mol. The van der Waals surface area contributed by atoms with Crippen LogP contribution in [0.2, 0.25) is 0 Å². The Kier molecular flexibility index (Phi) is 5.37. The van der Waals surface area contributed by atoms with Crippen LogP contribution >= 0.6 is 12.2 Å². The van der Waals surface area contributed by atoms with Gasteiger partial charge in [0.2, 0.25) is 0 Å². The summed E-state index contributed by atoms with van der Waals surface area (Å²) >= 11 is 5.37. The first-order valence-electron chi connectivity index (χ1n) is 7.86. The van der Waals surface area contributed by atoms with E-state index >= 15 is 0 Å². The summed E-state index contributed by atoms with van der Waals surface area (Å²) in [6.07, 6.45) is 1.82. The fourth-order valence-corrected chi connectivity index (χ4v) is 2.53. The number of anilines is 1. The number of hydrogen-bond acceptors (Lipinski definition) is 2. The summed E-state index contributed by atoms with van der Waals surface area (Å²) in [5.41, 5.74) is 3.84. The number of nitrogens with one attached hydrogen (secondary N) is 2. The van der Waals surface area contributed by atoms with Crippen LogP contribution in [0.4, 0.5) is 5.82 Å². The van der Waals surface area contributed by atoms with E-state index in [-0.39, 0.29) is 11.5 Å². The van der Waals surface area contributed by atoms with Crippen molar-refractivity contribution in [1.82, 2.24) is 10.3 Å². The third-order valence-electron chi connectivity index (χ3n) is 3.78. The van der Waals surface area contributed by atoms with Gasteiger partial charge in [-0.25, -0.2) is 4.98 Å². The topological polar surface area (TPSA) is 37.0 Å². The lowest BCUT2D eigenvalue weighted by atomic mass is 9.86. The summed E-state index contributed by atoms with van der Waals surface area (Å²) < 4.78 is 0. The van der Waals surface area contributed by atoms with Crippen molar-refractivity contribution in [3.8, 4) is 0 Å². The molecule has 0 fully saturated rings. The molecule has 0 bridgehead atoms. The van der Waals surface area contributed by atoms with E-state index in [1.54, 1.807) is 0 Å². The molecule has 0 amide bonds. The first-order chi connectivity index (χ1) is 10.8. The number of rotatable bonds is 3. The second-order valence-corrected chi connectivity index (χ2v) is 7.32. The summed E-state index contributed by atoms with van der Waals surface area (Å²) in [7, 11) is 0. The summed E-state index contributed by atoms with van der Waals surface area (Å²) in [4.78, 5) is 4.30. The fraction of sp³-hybridized carbons (Fsp3) is 0.368. The monoisotopic (exact) mass is 327 g/mol. The Hall–Kier alpha value is -1.94. The highest BCUT2D eigenvalue weighted by Gasteiger charge is 2.14. The lowest BCUT2D eigenvalue weighted by molar-refractivity contribution is 0.589. The van der Waals surface area contributed by atoms with Crippen LogP contribution in [0.3, 0.4) is 0 Å². The van der Waals surface area contributed by atoms with Crippen LogP contribution < -0.4 is 10.6 Å². The van der Waals surface area contributed by atoms with E-state index < -0.39 is 0 Å². The maximum atomic E-state index is 5.37. The van der Waals surface area contributed by atoms with E-state index in [1.165, 1.54) is 11.1 Å². The van der Waals surface area contributed by atoms with Gasteiger partial charge in [-0.1, -0.05) is 51.1 Å². The van der Waals surface area contributed by atoms with Gasteiger partial charge in [0.05, 0.1) is 6.04 Å². The summed E-state index contributed by atoms with van der Waals surface area (Å²) in [6, 6.07) is 12.8. The summed E-state index contributed by atoms with van der Waals surface area (Å²) in [6.45, 7) is 10.8. The molecule has 0 radical (unpaired) electrons. The number of thiocarbonyl (C=S) groups is 1. The Balaban J connectivity index is 1.96. The van der Waals surface area contributed by atoms with Crippen molar-refractivity contribution >= 4 is 23.1 Å². The fourth-order valence-electron chi connectivity index (χ4n) is 2.25. The quantitative estimate of drug-likeness (QED) is 0.799. The van der Waals surface area contributed by atoms with Gasteiger partial charge < -0.3 is 10.6 Å². The number of hydrogen-bond donors (Lipinski definition) is 2. The lowest BCUT2D eigenvalue weighted by Crippen LogP contribution is -2.31. The molecule has 2 aromatic rings. The van der Waals surface area contributed by atoms with Crippen LogP contribution in [-0.4, -0.2) is 10.1 Å². The summed E-state index contributed by atoms with van der Waals surface area (Å²) in [5.74, 6) is 0.753. The van der Waals surface area contributed by atoms with Gasteiger partial charge in [-0.15, -0.1) is 0 Å². The van der Waals surface area contributed by atoms with Gasteiger partial charge in [0.1, 0.15) is 5.82 Å². The first kappa shape index (κ1) is 17.4. The number of aryl methyl sites for hydroxylation is 1. The molecule has 2 N–H and O–H groups in total. The van der Waals surface area contributed by atoms with Crippen LogP contribution in [0.25, 0.3) is 0 Å². The molecule has 1 heterocycles. The van der Waals surface area contributed by atoms with Crippen molar-refractivity contribution in [2.45, 2.75) is 46.1 Å². The Morgan fingerprint density at radius 3 is 2.26 bits per heavy atom. The largest absolute Gasteiger partial charge is 0.356 e. The molecule has 0 aliphatic rings. The van der Waals surface area contributed by atoms with Crippen molar-refractivity contribution in [1.29, 1.82) is 0 Å². The zero-order valence-electron chi connectivity index (χ0n) is 14.5. The highest BCUT2D eigenvalue weighted by molar-refractivity contribution is 7.80. The average Bonchev–Trinajstić information content (AvgIpc) is 2.49. The minimum atomic E-state index is 0.134. The van der Waals surface area contributed by atoms with Crippen molar-refractivity contribution in [2.75, 3.05) is 5.32 Å². The molecule has 23 heavy (non-hydrogen) atoms. The van der Waals surface area contributed by atoms with Crippen molar-refractivity contribution < 1.29 is 0 Å². The highest BCUT2D eigenvalue weighted by Crippen LogP contribution is 2.23. The predicted molar refractivity (Wildman–Crippen MR) is 102 cm³/mol. The van der Waals surface area contributed by atoms with Crippen molar-refractivity contribution in [2.24, 2.45) is 0 Å². The van der Waals surface area contributed by atoms with Gasteiger partial charge in [0.15, 0.2) is 5.11 Å². The Morgan fingerprint density at radius 1 is 1.09 bits per heavy atom. The molecule has 122 valence electrons. The molecule has 0 unspecified atom stereocenters. The molecule has 0 spiro atoms. The predicted octanol–water partition coefficient (Wildman–Crippen LogP) is 4.74. The number of pyridine rings is 1. The smallest absolute Gasteiger partial charge is 0.172 e. The Morgan fingerprint density at radius 2 is 1.74 bits per heavy atom. The maximum absolute atomic E-state index is 5.37. The van der Waals surface area contributed by atoms with Crippen LogP contribution in [-0.2, 0) is 5.41 Å². The van der Waals surface area contributed by atoms with Gasteiger partial charge in [-0.3, -0.25) is 0 Å². The molecule has 0 aliphatic heterocycles. The van der Waals surface area contributed by atoms with Gasteiger partial charge in [-0.2, -0.15) is 0 Å². The van der Waals surface area contributed by atoms with E-state index in [0.717, 1.165) is 11.4 Å². The molecule has 1 aromatic carbocycles. The highest BCUT2D eigenvalue weighted by atomic mass is 32.1. The lowest BCUT2D eigenvalue weighted by Gasteiger charge is -2.21. The molecular formula is C19H25N3S. The molecule has 3 nitrogen and oxygen atoms in total. The molecule has 4 heteroatoms. The maximum Gasteiger partial charge on any atom is 0.172 e.